The van der Waals surface area contributed by atoms with Gasteiger partial charge in [-0.3, -0.25) is 4.90 Å². The summed E-state index contributed by atoms with van der Waals surface area (Å²) in [6, 6.07) is 8.77. The van der Waals surface area contributed by atoms with Gasteiger partial charge in [-0.25, -0.2) is 13.1 Å². The fraction of sp³-hybridized carbons (Fsp3) is 0.600. The van der Waals surface area contributed by atoms with E-state index in [-0.39, 0.29) is 6.04 Å². The van der Waals surface area contributed by atoms with Gasteiger partial charge in [0.05, 0.1) is 4.90 Å². The summed E-state index contributed by atoms with van der Waals surface area (Å²) in [6.45, 7) is 6.96. The van der Waals surface area contributed by atoms with E-state index in [9.17, 15) is 8.42 Å². The first-order valence-electron chi connectivity index (χ1n) is 7.28. The van der Waals surface area contributed by atoms with Gasteiger partial charge in [-0.15, -0.1) is 0 Å². The van der Waals surface area contributed by atoms with Crippen molar-refractivity contribution in [3.05, 3.63) is 30.3 Å². The lowest BCUT2D eigenvalue weighted by Gasteiger charge is -2.34. The highest BCUT2D eigenvalue weighted by Crippen LogP contribution is 2.18. The van der Waals surface area contributed by atoms with Gasteiger partial charge in [0, 0.05) is 12.6 Å². The van der Waals surface area contributed by atoms with E-state index in [1.807, 2.05) is 6.07 Å². The Kier molecular flexibility index (Phi) is 5.18. The molecule has 1 unspecified atom stereocenters. The normalized spacial score (nSPS) is 19.9. The molecule has 1 heterocycles. The zero-order chi connectivity index (χ0) is 14.6. The van der Waals surface area contributed by atoms with E-state index in [0.717, 1.165) is 19.0 Å². The Morgan fingerprint density at radius 1 is 1.25 bits per heavy atom. The topological polar surface area (TPSA) is 49.4 Å². The predicted molar refractivity (Wildman–Crippen MR) is 81.1 cm³/mol. The standard InChI is InChI=1S/C15H24N2O2S/c1-13-8-10-17(11-9-13)14(2)12-16-20(18,19)15-6-4-3-5-7-15/h3-7,13-14,16H,8-12H2,1-2H3. The number of rotatable bonds is 5. The third kappa shape index (κ3) is 4.04. The van der Waals surface area contributed by atoms with Crippen LogP contribution in [0.4, 0.5) is 0 Å². The van der Waals surface area contributed by atoms with Gasteiger partial charge in [0.15, 0.2) is 0 Å². The van der Waals surface area contributed by atoms with E-state index >= 15 is 0 Å². The number of nitrogens with one attached hydrogen (secondary N) is 1. The van der Waals surface area contributed by atoms with Crippen molar-refractivity contribution in [3.8, 4) is 0 Å². The summed E-state index contributed by atoms with van der Waals surface area (Å²) < 4.78 is 27.0. The number of likely N-dealkylation sites (tertiary alicyclic amines) is 1. The molecule has 0 radical (unpaired) electrons. The monoisotopic (exact) mass is 296 g/mol. The largest absolute Gasteiger partial charge is 0.299 e. The predicted octanol–water partition coefficient (Wildman–Crippen LogP) is 2.09. The number of sulfonamides is 1. The first kappa shape index (κ1) is 15.5. The lowest BCUT2D eigenvalue weighted by molar-refractivity contribution is 0.148. The fourth-order valence-electron chi connectivity index (χ4n) is 2.51. The fourth-order valence-corrected chi connectivity index (χ4v) is 3.65. The molecule has 1 aromatic carbocycles. The summed E-state index contributed by atoms with van der Waals surface area (Å²) in [6.07, 6.45) is 2.41. The second-order valence-electron chi connectivity index (χ2n) is 5.73. The third-order valence-electron chi connectivity index (χ3n) is 4.06. The summed E-state index contributed by atoms with van der Waals surface area (Å²) >= 11 is 0. The maximum atomic E-state index is 12.1. The Labute approximate surface area is 122 Å². The van der Waals surface area contributed by atoms with Crippen molar-refractivity contribution in [3.63, 3.8) is 0 Å². The molecule has 2 rings (SSSR count). The number of piperidine rings is 1. The first-order chi connectivity index (χ1) is 9.49. The first-order valence-corrected chi connectivity index (χ1v) is 8.76. The van der Waals surface area contributed by atoms with Crippen LogP contribution in [0.15, 0.2) is 35.2 Å². The Morgan fingerprint density at radius 2 is 1.85 bits per heavy atom. The van der Waals surface area contributed by atoms with Gasteiger partial charge in [0.1, 0.15) is 0 Å². The highest BCUT2D eigenvalue weighted by Gasteiger charge is 2.22. The van der Waals surface area contributed by atoms with Crippen LogP contribution in [0.2, 0.25) is 0 Å². The molecular formula is C15H24N2O2S. The van der Waals surface area contributed by atoms with Crippen LogP contribution in [-0.2, 0) is 10.0 Å². The minimum Gasteiger partial charge on any atom is -0.299 e. The molecule has 1 saturated heterocycles. The van der Waals surface area contributed by atoms with Gasteiger partial charge in [-0.05, 0) is 50.9 Å². The quantitative estimate of drug-likeness (QED) is 0.905. The van der Waals surface area contributed by atoms with E-state index in [1.54, 1.807) is 24.3 Å². The molecule has 1 fully saturated rings. The molecule has 112 valence electrons. The molecule has 0 saturated carbocycles. The minimum absolute atomic E-state index is 0.237. The second-order valence-corrected chi connectivity index (χ2v) is 7.50. The average Bonchev–Trinajstić information content (AvgIpc) is 2.46. The van der Waals surface area contributed by atoms with Crippen LogP contribution in [0, 0.1) is 5.92 Å². The molecule has 1 aliphatic rings. The van der Waals surface area contributed by atoms with Gasteiger partial charge in [0.25, 0.3) is 0 Å². The van der Waals surface area contributed by atoms with Crippen LogP contribution in [0.25, 0.3) is 0 Å². The molecule has 5 heteroatoms. The lowest BCUT2D eigenvalue weighted by atomic mass is 9.98. The summed E-state index contributed by atoms with van der Waals surface area (Å²) in [4.78, 5) is 2.70. The minimum atomic E-state index is -3.38. The van der Waals surface area contributed by atoms with E-state index in [2.05, 4.69) is 23.5 Å². The maximum absolute atomic E-state index is 12.1. The van der Waals surface area contributed by atoms with Gasteiger partial charge in [0.2, 0.25) is 10.0 Å². The summed E-state index contributed by atoms with van der Waals surface area (Å²) in [7, 11) is -3.38. The van der Waals surface area contributed by atoms with Crippen molar-refractivity contribution in [2.75, 3.05) is 19.6 Å². The number of hydrogen-bond donors (Lipinski definition) is 1. The molecule has 0 aliphatic carbocycles. The SMILES string of the molecule is CC1CCN(C(C)CNS(=O)(=O)c2ccccc2)CC1. The van der Waals surface area contributed by atoms with Crippen LogP contribution in [-0.4, -0.2) is 39.0 Å². The second kappa shape index (κ2) is 6.70. The smallest absolute Gasteiger partial charge is 0.240 e. The zero-order valence-corrected chi connectivity index (χ0v) is 13.1. The zero-order valence-electron chi connectivity index (χ0n) is 12.2. The molecule has 0 spiro atoms. The molecule has 1 N–H and O–H groups in total. The molecule has 0 bridgehead atoms. The molecule has 1 atom stereocenters. The Morgan fingerprint density at radius 3 is 2.45 bits per heavy atom. The Hall–Kier alpha value is -0.910. The van der Waals surface area contributed by atoms with Crippen LogP contribution in [0.3, 0.4) is 0 Å². The van der Waals surface area contributed by atoms with Gasteiger partial charge in [-0.1, -0.05) is 25.1 Å². The van der Waals surface area contributed by atoms with Crippen molar-refractivity contribution in [2.45, 2.75) is 37.6 Å². The molecule has 0 amide bonds. The Balaban J connectivity index is 1.88. The number of hydrogen-bond acceptors (Lipinski definition) is 3. The molecule has 0 aromatic heterocycles. The van der Waals surface area contributed by atoms with E-state index < -0.39 is 10.0 Å². The lowest BCUT2D eigenvalue weighted by Crippen LogP contribution is -2.45. The summed E-state index contributed by atoms with van der Waals surface area (Å²) in [5.41, 5.74) is 0. The summed E-state index contributed by atoms with van der Waals surface area (Å²) in [5, 5.41) is 0. The van der Waals surface area contributed by atoms with Crippen molar-refractivity contribution in [1.82, 2.24) is 9.62 Å². The van der Waals surface area contributed by atoms with Crippen molar-refractivity contribution in [1.29, 1.82) is 0 Å². The van der Waals surface area contributed by atoms with Gasteiger partial charge < -0.3 is 0 Å². The third-order valence-corrected chi connectivity index (χ3v) is 5.50. The molecule has 1 aliphatic heterocycles. The van der Waals surface area contributed by atoms with E-state index in [0.29, 0.717) is 11.4 Å². The van der Waals surface area contributed by atoms with Crippen molar-refractivity contribution in [2.24, 2.45) is 5.92 Å². The molecule has 20 heavy (non-hydrogen) atoms. The van der Waals surface area contributed by atoms with Crippen LogP contribution in [0.5, 0.6) is 0 Å². The Bertz CT molecular complexity index is 508. The highest BCUT2D eigenvalue weighted by atomic mass is 32.2. The average molecular weight is 296 g/mol. The number of nitrogens with zero attached hydrogens (tertiary/aromatic N) is 1. The molecular weight excluding hydrogens is 272 g/mol. The molecule has 4 nitrogen and oxygen atoms in total. The maximum Gasteiger partial charge on any atom is 0.240 e. The van der Waals surface area contributed by atoms with Crippen molar-refractivity contribution >= 4 is 10.0 Å². The van der Waals surface area contributed by atoms with Crippen LogP contribution < -0.4 is 4.72 Å². The van der Waals surface area contributed by atoms with E-state index in [1.165, 1.54) is 12.8 Å². The van der Waals surface area contributed by atoms with Gasteiger partial charge >= 0.3 is 0 Å². The van der Waals surface area contributed by atoms with Crippen molar-refractivity contribution < 1.29 is 8.42 Å². The van der Waals surface area contributed by atoms with E-state index in [4.69, 9.17) is 0 Å². The number of benzene rings is 1. The van der Waals surface area contributed by atoms with Crippen LogP contribution in [0.1, 0.15) is 26.7 Å². The highest BCUT2D eigenvalue weighted by molar-refractivity contribution is 7.89. The summed E-state index contributed by atoms with van der Waals surface area (Å²) in [5.74, 6) is 0.791. The molecule has 1 aromatic rings. The van der Waals surface area contributed by atoms with Gasteiger partial charge in [-0.2, -0.15) is 0 Å². The van der Waals surface area contributed by atoms with Crippen LogP contribution >= 0.6 is 0 Å².